The first-order valence-electron chi connectivity index (χ1n) is 5.18. The van der Waals surface area contributed by atoms with Gasteiger partial charge in [-0.05, 0) is 45.8 Å². The summed E-state index contributed by atoms with van der Waals surface area (Å²) in [4.78, 5) is 0. The van der Waals surface area contributed by atoms with E-state index in [0.717, 1.165) is 18.2 Å². The van der Waals surface area contributed by atoms with Gasteiger partial charge in [-0.3, -0.25) is 0 Å². The van der Waals surface area contributed by atoms with Gasteiger partial charge in [0.25, 0.3) is 0 Å². The highest BCUT2D eigenvalue weighted by atomic mass is 79.9. The largest absolute Gasteiger partial charge is 0.383 e. The molecule has 0 fully saturated rings. The first-order chi connectivity index (χ1) is 8.91. The van der Waals surface area contributed by atoms with E-state index in [4.69, 9.17) is 11.6 Å². The summed E-state index contributed by atoms with van der Waals surface area (Å²) < 4.78 is 40.5. The molecule has 0 aliphatic rings. The van der Waals surface area contributed by atoms with Gasteiger partial charge in [0.05, 0.1) is 15.1 Å². The molecule has 100 valence electrons. The maximum atomic E-state index is 13.8. The van der Waals surface area contributed by atoms with Crippen molar-refractivity contribution in [2.24, 2.45) is 0 Å². The van der Waals surface area contributed by atoms with Gasteiger partial charge >= 0.3 is 0 Å². The van der Waals surface area contributed by atoms with Crippen LogP contribution in [-0.2, 0) is 0 Å². The van der Waals surface area contributed by atoms with Crippen LogP contribution in [0.4, 0.5) is 13.2 Å². The van der Waals surface area contributed by atoms with E-state index in [-0.39, 0.29) is 15.1 Å². The minimum atomic E-state index is -1.57. The van der Waals surface area contributed by atoms with Crippen molar-refractivity contribution in [3.63, 3.8) is 0 Å². The summed E-state index contributed by atoms with van der Waals surface area (Å²) in [7, 11) is 0. The number of hydrogen-bond donors (Lipinski definition) is 1. The van der Waals surface area contributed by atoms with E-state index in [1.54, 1.807) is 0 Å². The fraction of sp³-hybridized carbons (Fsp3) is 0.0769. The summed E-state index contributed by atoms with van der Waals surface area (Å²) in [5.74, 6) is -2.48. The van der Waals surface area contributed by atoms with Crippen LogP contribution >= 0.6 is 27.5 Å². The molecule has 0 aliphatic carbocycles. The third kappa shape index (κ3) is 2.78. The molecule has 2 aromatic carbocycles. The molecule has 0 aromatic heterocycles. The zero-order valence-electron chi connectivity index (χ0n) is 9.30. The minimum Gasteiger partial charge on any atom is -0.383 e. The fourth-order valence-corrected chi connectivity index (χ4v) is 2.18. The lowest BCUT2D eigenvalue weighted by Crippen LogP contribution is -2.06. The number of hydrogen-bond acceptors (Lipinski definition) is 1. The summed E-state index contributed by atoms with van der Waals surface area (Å²) in [6.07, 6.45) is -1.57. The first kappa shape index (κ1) is 14.4. The van der Waals surface area contributed by atoms with E-state index in [0.29, 0.717) is 0 Å². The predicted molar refractivity (Wildman–Crippen MR) is 69.5 cm³/mol. The Bertz CT molecular complexity index is 634. The van der Waals surface area contributed by atoms with E-state index in [9.17, 15) is 18.3 Å². The van der Waals surface area contributed by atoms with E-state index in [1.165, 1.54) is 12.1 Å². The zero-order valence-corrected chi connectivity index (χ0v) is 11.6. The topological polar surface area (TPSA) is 20.2 Å². The van der Waals surface area contributed by atoms with Crippen LogP contribution in [0, 0.1) is 17.5 Å². The number of aliphatic hydroxyl groups excluding tert-OH is 1. The van der Waals surface area contributed by atoms with Gasteiger partial charge in [0.1, 0.15) is 23.6 Å². The second-order valence-electron chi connectivity index (χ2n) is 3.83. The molecule has 1 N–H and O–H groups in total. The van der Waals surface area contributed by atoms with Gasteiger partial charge in [-0.1, -0.05) is 17.7 Å². The molecule has 6 heteroatoms. The Balaban J connectivity index is 2.52. The average Bonchev–Trinajstić information content (AvgIpc) is 2.37. The fourth-order valence-electron chi connectivity index (χ4n) is 1.64. The van der Waals surface area contributed by atoms with Crippen molar-refractivity contribution >= 4 is 27.5 Å². The number of benzene rings is 2. The quantitative estimate of drug-likeness (QED) is 0.784. The molecule has 19 heavy (non-hydrogen) atoms. The lowest BCUT2D eigenvalue weighted by Gasteiger charge is -2.14. The highest BCUT2D eigenvalue weighted by molar-refractivity contribution is 9.10. The smallest absolute Gasteiger partial charge is 0.146 e. The molecule has 0 amide bonds. The van der Waals surface area contributed by atoms with Crippen LogP contribution in [0.1, 0.15) is 17.2 Å². The molecular weight excluding hydrogens is 344 g/mol. The van der Waals surface area contributed by atoms with Crippen molar-refractivity contribution in [1.29, 1.82) is 0 Å². The molecule has 1 nitrogen and oxygen atoms in total. The van der Waals surface area contributed by atoms with E-state index < -0.39 is 29.1 Å². The Morgan fingerprint density at radius 3 is 2.32 bits per heavy atom. The Morgan fingerprint density at radius 1 is 1.05 bits per heavy atom. The Morgan fingerprint density at radius 2 is 1.68 bits per heavy atom. The summed E-state index contributed by atoms with van der Waals surface area (Å²) in [5, 5.41) is 9.78. The normalized spacial score (nSPS) is 12.5. The molecule has 2 aromatic rings. The van der Waals surface area contributed by atoms with Crippen LogP contribution < -0.4 is 0 Å². The molecular formula is C13H7BrClF3O. The van der Waals surface area contributed by atoms with Gasteiger partial charge in [-0.25, -0.2) is 13.2 Å². The highest BCUT2D eigenvalue weighted by Gasteiger charge is 2.22. The molecule has 0 saturated heterocycles. The molecule has 0 saturated carbocycles. The molecule has 1 atom stereocenters. The van der Waals surface area contributed by atoms with Crippen LogP contribution in [0.15, 0.2) is 34.8 Å². The van der Waals surface area contributed by atoms with Crippen LogP contribution in [-0.4, -0.2) is 5.11 Å². The maximum Gasteiger partial charge on any atom is 0.146 e. The first-order valence-corrected chi connectivity index (χ1v) is 6.35. The van der Waals surface area contributed by atoms with E-state index >= 15 is 0 Å². The second-order valence-corrected chi connectivity index (χ2v) is 5.09. The van der Waals surface area contributed by atoms with Gasteiger partial charge in [0.2, 0.25) is 0 Å². The van der Waals surface area contributed by atoms with Gasteiger partial charge in [-0.2, -0.15) is 0 Å². The van der Waals surface area contributed by atoms with Crippen LogP contribution in [0.5, 0.6) is 0 Å². The monoisotopic (exact) mass is 350 g/mol. The van der Waals surface area contributed by atoms with Crippen molar-refractivity contribution in [3.05, 3.63) is 68.4 Å². The Kier molecular flexibility index (Phi) is 4.18. The van der Waals surface area contributed by atoms with Crippen molar-refractivity contribution in [3.8, 4) is 0 Å². The van der Waals surface area contributed by atoms with Crippen molar-refractivity contribution in [2.75, 3.05) is 0 Å². The average molecular weight is 352 g/mol. The molecule has 2 rings (SSSR count). The van der Waals surface area contributed by atoms with Gasteiger partial charge in [0, 0.05) is 0 Å². The Hall–Kier alpha value is -1.04. The van der Waals surface area contributed by atoms with Crippen LogP contribution in [0.2, 0.25) is 5.02 Å². The molecule has 0 bridgehead atoms. The molecule has 0 heterocycles. The van der Waals surface area contributed by atoms with E-state index in [2.05, 4.69) is 15.9 Å². The number of aliphatic hydroxyl groups is 1. The lowest BCUT2D eigenvalue weighted by atomic mass is 10.0. The lowest BCUT2D eigenvalue weighted by molar-refractivity contribution is 0.208. The van der Waals surface area contributed by atoms with Gasteiger partial charge in [-0.15, -0.1) is 0 Å². The third-order valence-electron chi connectivity index (χ3n) is 2.61. The highest BCUT2D eigenvalue weighted by Crippen LogP contribution is 2.32. The van der Waals surface area contributed by atoms with E-state index in [1.807, 2.05) is 0 Å². The van der Waals surface area contributed by atoms with Gasteiger partial charge < -0.3 is 5.11 Å². The predicted octanol–water partition coefficient (Wildman–Crippen LogP) is 4.60. The zero-order chi connectivity index (χ0) is 14.2. The van der Waals surface area contributed by atoms with Gasteiger partial charge in [0.15, 0.2) is 0 Å². The Labute approximate surface area is 120 Å². The summed E-state index contributed by atoms with van der Waals surface area (Å²) in [6.45, 7) is 0. The number of halogens is 5. The molecule has 0 radical (unpaired) electrons. The van der Waals surface area contributed by atoms with Crippen LogP contribution in [0.3, 0.4) is 0 Å². The van der Waals surface area contributed by atoms with Crippen molar-refractivity contribution < 1.29 is 18.3 Å². The van der Waals surface area contributed by atoms with Crippen molar-refractivity contribution in [2.45, 2.75) is 6.10 Å². The summed E-state index contributed by atoms with van der Waals surface area (Å²) >= 11 is 8.48. The molecule has 1 unspecified atom stereocenters. The minimum absolute atomic E-state index is 0.0242. The maximum absolute atomic E-state index is 13.8. The van der Waals surface area contributed by atoms with Crippen molar-refractivity contribution in [1.82, 2.24) is 0 Å². The summed E-state index contributed by atoms with van der Waals surface area (Å²) in [6, 6.07) is 5.58. The molecule has 0 aliphatic heterocycles. The second kappa shape index (κ2) is 5.53. The standard InChI is InChI=1S/C13H7BrClF3O/c14-7-2-4-10(17)11(12(7)18)13(19)6-1-3-9(16)8(15)5-6/h1-5,13,19H. The third-order valence-corrected chi connectivity index (χ3v) is 3.51. The molecule has 0 spiro atoms. The summed E-state index contributed by atoms with van der Waals surface area (Å²) in [5.41, 5.74) is -0.417. The van der Waals surface area contributed by atoms with Crippen LogP contribution in [0.25, 0.3) is 0 Å². The number of rotatable bonds is 2. The SMILES string of the molecule is OC(c1ccc(F)c(Cl)c1)c1c(F)ccc(Br)c1F.